The third-order valence-electron chi connectivity index (χ3n) is 2.34. The lowest BCUT2D eigenvalue weighted by Gasteiger charge is -2.08. The summed E-state index contributed by atoms with van der Waals surface area (Å²) in [5, 5.41) is 15.8. The van der Waals surface area contributed by atoms with E-state index in [1.807, 2.05) is 4.72 Å². The molecule has 0 radical (unpaired) electrons. The zero-order valence-corrected chi connectivity index (χ0v) is 11.7. The standard InChI is InChI=1S/C11H7ClFN3O4S/c12-9-3-4-10(15-14-9)16-21(19,20)8-5-6(11(17)18)1-2-7(8)13/h1-5H,(H,15,16)(H,17,18). The molecule has 2 rings (SSSR count). The Bertz CT molecular complexity index is 796. The first-order valence-corrected chi connectivity index (χ1v) is 7.20. The molecule has 10 heteroatoms. The highest BCUT2D eigenvalue weighted by Gasteiger charge is 2.21. The van der Waals surface area contributed by atoms with E-state index in [1.165, 1.54) is 12.1 Å². The minimum Gasteiger partial charge on any atom is -0.478 e. The third-order valence-corrected chi connectivity index (χ3v) is 3.91. The Labute approximate surface area is 123 Å². The average molecular weight is 332 g/mol. The Kier molecular flexibility index (Phi) is 4.05. The number of nitrogens with one attached hydrogen (secondary N) is 1. The number of aromatic nitrogens is 2. The molecule has 0 bridgehead atoms. The molecule has 0 unspecified atom stereocenters. The van der Waals surface area contributed by atoms with Gasteiger partial charge in [0.25, 0.3) is 10.0 Å². The Morgan fingerprint density at radius 1 is 1.24 bits per heavy atom. The molecular formula is C11H7ClFN3O4S. The number of anilines is 1. The van der Waals surface area contributed by atoms with E-state index >= 15 is 0 Å². The number of halogens is 2. The second-order valence-electron chi connectivity index (χ2n) is 3.80. The lowest BCUT2D eigenvalue weighted by atomic mass is 10.2. The Balaban J connectivity index is 2.41. The summed E-state index contributed by atoms with van der Waals surface area (Å²) in [6.07, 6.45) is 0. The normalized spacial score (nSPS) is 11.1. The molecule has 0 saturated carbocycles. The summed E-state index contributed by atoms with van der Waals surface area (Å²) in [4.78, 5) is 10.0. The minimum atomic E-state index is -4.35. The van der Waals surface area contributed by atoms with E-state index in [4.69, 9.17) is 16.7 Å². The van der Waals surface area contributed by atoms with Crippen LogP contribution in [0.15, 0.2) is 35.2 Å². The van der Waals surface area contributed by atoms with Crippen LogP contribution in [0.5, 0.6) is 0 Å². The maximum atomic E-state index is 13.6. The zero-order chi connectivity index (χ0) is 15.6. The number of benzene rings is 1. The molecule has 1 heterocycles. The Morgan fingerprint density at radius 3 is 2.52 bits per heavy atom. The van der Waals surface area contributed by atoms with Crippen molar-refractivity contribution in [1.82, 2.24) is 10.2 Å². The van der Waals surface area contributed by atoms with Crippen LogP contribution in [0, 0.1) is 5.82 Å². The molecule has 0 amide bonds. The molecule has 0 saturated heterocycles. The van der Waals surface area contributed by atoms with Crippen LogP contribution >= 0.6 is 11.6 Å². The SMILES string of the molecule is O=C(O)c1ccc(F)c(S(=O)(=O)Nc2ccc(Cl)nn2)c1. The van der Waals surface area contributed by atoms with Crippen LogP contribution in [0.3, 0.4) is 0 Å². The summed E-state index contributed by atoms with van der Waals surface area (Å²) in [6.45, 7) is 0. The Morgan fingerprint density at radius 2 is 1.95 bits per heavy atom. The summed E-state index contributed by atoms with van der Waals surface area (Å²) in [5.41, 5.74) is -0.362. The number of carbonyl (C=O) groups is 1. The quantitative estimate of drug-likeness (QED) is 0.883. The zero-order valence-electron chi connectivity index (χ0n) is 10.1. The molecule has 0 aliphatic carbocycles. The number of aromatic carboxylic acids is 1. The van der Waals surface area contributed by atoms with Crippen molar-refractivity contribution in [2.24, 2.45) is 0 Å². The van der Waals surface area contributed by atoms with Crippen LogP contribution in [0.2, 0.25) is 5.15 Å². The van der Waals surface area contributed by atoms with Gasteiger partial charge in [0, 0.05) is 0 Å². The number of carboxylic acids is 1. The van der Waals surface area contributed by atoms with Crippen LogP contribution in [-0.4, -0.2) is 29.7 Å². The number of hydrogen-bond acceptors (Lipinski definition) is 5. The maximum Gasteiger partial charge on any atom is 0.335 e. The number of nitrogens with zero attached hydrogens (tertiary/aromatic N) is 2. The first-order chi connectivity index (χ1) is 9.79. The van der Waals surface area contributed by atoms with Gasteiger partial charge in [0.1, 0.15) is 10.7 Å². The maximum absolute atomic E-state index is 13.6. The van der Waals surface area contributed by atoms with E-state index < -0.39 is 26.7 Å². The highest BCUT2D eigenvalue weighted by Crippen LogP contribution is 2.19. The van der Waals surface area contributed by atoms with Crippen LogP contribution in [0.25, 0.3) is 0 Å². The van der Waals surface area contributed by atoms with Crippen LogP contribution in [0.1, 0.15) is 10.4 Å². The molecule has 0 aliphatic rings. The van der Waals surface area contributed by atoms with Crippen molar-refractivity contribution in [3.63, 3.8) is 0 Å². The van der Waals surface area contributed by atoms with Gasteiger partial charge in [-0.2, -0.15) is 0 Å². The molecule has 110 valence electrons. The number of hydrogen-bond donors (Lipinski definition) is 2. The highest BCUT2D eigenvalue weighted by atomic mass is 35.5. The predicted octanol–water partition coefficient (Wildman–Crippen LogP) is 1.77. The van der Waals surface area contributed by atoms with Gasteiger partial charge >= 0.3 is 5.97 Å². The smallest absolute Gasteiger partial charge is 0.335 e. The van der Waals surface area contributed by atoms with Crippen molar-refractivity contribution >= 4 is 33.4 Å². The average Bonchev–Trinajstić information content (AvgIpc) is 2.41. The van der Waals surface area contributed by atoms with Crippen molar-refractivity contribution in [2.75, 3.05) is 4.72 Å². The predicted molar refractivity (Wildman–Crippen MR) is 71.2 cm³/mol. The van der Waals surface area contributed by atoms with Crippen molar-refractivity contribution in [3.05, 3.63) is 46.9 Å². The van der Waals surface area contributed by atoms with E-state index in [1.54, 1.807) is 0 Å². The molecule has 0 spiro atoms. The van der Waals surface area contributed by atoms with Crippen molar-refractivity contribution < 1.29 is 22.7 Å². The molecule has 0 atom stereocenters. The molecule has 1 aromatic heterocycles. The number of sulfonamides is 1. The first-order valence-electron chi connectivity index (χ1n) is 5.34. The van der Waals surface area contributed by atoms with Gasteiger partial charge in [0.15, 0.2) is 11.0 Å². The van der Waals surface area contributed by atoms with Gasteiger partial charge in [-0.1, -0.05) is 11.6 Å². The van der Waals surface area contributed by atoms with E-state index in [2.05, 4.69) is 10.2 Å². The van der Waals surface area contributed by atoms with E-state index in [-0.39, 0.29) is 16.5 Å². The summed E-state index contributed by atoms with van der Waals surface area (Å²) in [6, 6.07) is 4.94. The van der Waals surface area contributed by atoms with Gasteiger partial charge in [-0.3, -0.25) is 4.72 Å². The molecule has 21 heavy (non-hydrogen) atoms. The van der Waals surface area contributed by atoms with Gasteiger partial charge in [-0.05, 0) is 30.3 Å². The van der Waals surface area contributed by atoms with Gasteiger partial charge in [-0.15, -0.1) is 10.2 Å². The molecule has 0 aliphatic heterocycles. The van der Waals surface area contributed by atoms with Gasteiger partial charge in [0.05, 0.1) is 5.56 Å². The van der Waals surface area contributed by atoms with Crippen molar-refractivity contribution in [1.29, 1.82) is 0 Å². The largest absolute Gasteiger partial charge is 0.478 e. The minimum absolute atomic E-state index is 0.0528. The fraction of sp³-hybridized carbons (Fsp3) is 0. The monoisotopic (exact) mass is 331 g/mol. The van der Waals surface area contributed by atoms with Gasteiger partial charge in [0.2, 0.25) is 0 Å². The van der Waals surface area contributed by atoms with Crippen molar-refractivity contribution in [2.45, 2.75) is 4.90 Å². The Hall–Kier alpha value is -2.26. The van der Waals surface area contributed by atoms with Crippen LogP contribution in [-0.2, 0) is 10.0 Å². The molecule has 0 fully saturated rings. The van der Waals surface area contributed by atoms with E-state index in [0.717, 1.165) is 12.1 Å². The number of carboxylic acid groups (broad SMARTS) is 1. The van der Waals surface area contributed by atoms with Crippen LogP contribution < -0.4 is 4.72 Å². The summed E-state index contributed by atoms with van der Waals surface area (Å²) >= 11 is 5.50. The highest BCUT2D eigenvalue weighted by molar-refractivity contribution is 7.92. The summed E-state index contributed by atoms with van der Waals surface area (Å²) < 4.78 is 39.7. The van der Waals surface area contributed by atoms with E-state index in [9.17, 15) is 17.6 Å². The topological polar surface area (TPSA) is 109 Å². The second kappa shape index (κ2) is 5.62. The van der Waals surface area contributed by atoms with Gasteiger partial charge < -0.3 is 5.11 Å². The molecule has 2 N–H and O–H groups in total. The first kappa shape index (κ1) is 15.1. The van der Waals surface area contributed by atoms with Gasteiger partial charge in [-0.25, -0.2) is 17.6 Å². The third kappa shape index (κ3) is 3.44. The summed E-state index contributed by atoms with van der Waals surface area (Å²) in [5.74, 6) is -2.65. The molecule has 1 aromatic carbocycles. The second-order valence-corrected chi connectivity index (χ2v) is 5.84. The van der Waals surface area contributed by atoms with Crippen LogP contribution in [0.4, 0.5) is 10.2 Å². The van der Waals surface area contributed by atoms with Crippen molar-refractivity contribution in [3.8, 4) is 0 Å². The number of rotatable bonds is 4. The lowest BCUT2D eigenvalue weighted by molar-refractivity contribution is 0.0696. The lowest BCUT2D eigenvalue weighted by Crippen LogP contribution is -2.16. The molecule has 7 nitrogen and oxygen atoms in total. The molecule has 2 aromatic rings. The fourth-order valence-corrected chi connectivity index (χ4v) is 2.61. The van der Waals surface area contributed by atoms with E-state index in [0.29, 0.717) is 6.07 Å². The summed E-state index contributed by atoms with van der Waals surface area (Å²) in [7, 11) is -4.35. The molecular weight excluding hydrogens is 325 g/mol. The fourth-order valence-electron chi connectivity index (χ4n) is 1.41.